The monoisotopic (exact) mass is 236 g/mol. The van der Waals surface area contributed by atoms with Crippen LogP contribution in [0.5, 0.6) is 0 Å². The van der Waals surface area contributed by atoms with Crippen molar-refractivity contribution in [2.75, 3.05) is 12.8 Å². The second-order valence-corrected chi connectivity index (χ2v) is 4.14. The normalized spacial score (nSPS) is 11.6. The lowest BCUT2D eigenvalue weighted by Crippen LogP contribution is -2.41. The van der Waals surface area contributed by atoms with Gasteiger partial charge in [0.15, 0.2) is 0 Å². The molecule has 0 aliphatic rings. The molecule has 0 aliphatic carbocycles. The fourth-order valence-corrected chi connectivity index (χ4v) is 1.54. The maximum atomic E-state index is 10.6. The summed E-state index contributed by atoms with van der Waals surface area (Å²) in [5.74, 6) is -1.21. The number of hydrogen-bond donors (Lipinski definition) is 3. The van der Waals surface area contributed by atoms with Crippen LogP contribution in [0, 0.1) is 0 Å². The first-order valence-corrected chi connectivity index (χ1v) is 5.21. The summed E-state index contributed by atoms with van der Waals surface area (Å²) in [5, 5.41) is 13.7. The van der Waals surface area contributed by atoms with Gasteiger partial charge in [0.05, 0.1) is 0 Å². The number of hydrogen-bond acceptors (Lipinski definition) is 4. The molecule has 3 N–H and O–H groups in total. The van der Waals surface area contributed by atoms with E-state index in [2.05, 4.69) is 10.6 Å². The number of carbonyl (C=O) groups excluding carboxylic acids is 1. The molecule has 0 saturated carbocycles. The topological polar surface area (TPSA) is 78.4 Å². The highest BCUT2D eigenvalue weighted by molar-refractivity contribution is 8.23. The van der Waals surface area contributed by atoms with E-state index in [9.17, 15) is 9.59 Å². The summed E-state index contributed by atoms with van der Waals surface area (Å²) in [6, 6.07) is -0.899. The van der Waals surface area contributed by atoms with Crippen molar-refractivity contribution in [1.82, 2.24) is 10.6 Å². The van der Waals surface area contributed by atoms with Crippen LogP contribution in [0.3, 0.4) is 0 Å². The summed E-state index contributed by atoms with van der Waals surface area (Å²) >= 11 is 6.00. The zero-order valence-electron chi connectivity index (χ0n) is 7.86. The molecule has 0 aromatic carbocycles. The lowest BCUT2D eigenvalue weighted by atomic mass is 10.3. The minimum atomic E-state index is -1.06. The molecule has 0 aromatic rings. The van der Waals surface area contributed by atoms with Crippen LogP contribution in [-0.4, -0.2) is 40.1 Å². The first-order chi connectivity index (χ1) is 6.47. The molecule has 5 nitrogen and oxygen atoms in total. The van der Waals surface area contributed by atoms with E-state index in [1.807, 2.05) is 0 Å². The number of aliphatic carboxylic acids is 1. The fraction of sp³-hybridized carbons (Fsp3) is 0.571. The summed E-state index contributed by atoms with van der Waals surface area (Å²) in [6.45, 7) is 1.27. The predicted molar refractivity (Wildman–Crippen MR) is 59.4 cm³/mol. The number of amides is 1. The fourth-order valence-electron chi connectivity index (χ4n) is 0.651. The van der Waals surface area contributed by atoms with Gasteiger partial charge in [0.2, 0.25) is 5.91 Å². The van der Waals surface area contributed by atoms with Crippen LogP contribution in [0.25, 0.3) is 0 Å². The van der Waals surface area contributed by atoms with Crippen molar-refractivity contribution in [2.45, 2.75) is 13.0 Å². The van der Waals surface area contributed by atoms with Gasteiger partial charge in [-0.2, -0.15) is 0 Å². The van der Waals surface area contributed by atoms with Crippen LogP contribution in [0.4, 0.5) is 0 Å². The summed E-state index contributed by atoms with van der Waals surface area (Å²) in [4.78, 5) is 21.3. The van der Waals surface area contributed by atoms with Gasteiger partial charge in [-0.25, -0.2) is 4.79 Å². The average Bonchev–Trinajstić information content (AvgIpc) is 2.10. The third kappa shape index (κ3) is 5.76. The largest absolute Gasteiger partial charge is 0.480 e. The number of rotatable bonds is 4. The molecule has 0 bridgehead atoms. The van der Waals surface area contributed by atoms with Gasteiger partial charge in [0, 0.05) is 19.7 Å². The van der Waals surface area contributed by atoms with E-state index < -0.39 is 12.0 Å². The minimum absolute atomic E-state index is 0.217. The highest BCUT2D eigenvalue weighted by Gasteiger charge is 2.18. The van der Waals surface area contributed by atoms with Gasteiger partial charge >= 0.3 is 5.97 Å². The molecule has 14 heavy (non-hydrogen) atoms. The molecule has 0 saturated heterocycles. The van der Waals surface area contributed by atoms with E-state index >= 15 is 0 Å². The third-order valence-corrected chi connectivity index (χ3v) is 2.78. The molecule has 0 radical (unpaired) electrons. The summed E-state index contributed by atoms with van der Waals surface area (Å²) < 4.78 is 0.501. The minimum Gasteiger partial charge on any atom is -0.480 e. The van der Waals surface area contributed by atoms with Gasteiger partial charge in [-0.15, -0.1) is 0 Å². The van der Waals surface area contributed by atoms with Gasteiger partial charge < -0.3 is 15.7 Å². The van der Waals surface area contributed by atoms with E-state index in [4.69, 9.17) is 17.3 Å². The molecule has 0 rings (SSSR count). The molecule has 1 atom stereocenters. The molecule has 0 spiro atoms. The van der Waals surface area contributed by atoms with E-state index in [0.29, 0.717) is 4.32 Å². The Morgan fingerprint density at radius 2 is 2.14 bits per heavy atom. The van der Waals surface area contributed by atoms with Crippen molar-refractivity contribution in [3.8, 4) is 0 Å². The van der Waals surface area contributed by atoms with Crippen LogP contribution in [0.2, 0.25) is 0 Å². The Hall–Kier alpha value is -0.820. The zero-order chi connectivity index (χ0) is 11.1. The number of thiocarbonyl (C=S) groups is 1. The Morgan fingerprint density at radius 1 is 1.57 bits per heavy atom. The van der Waals surface area contributed by atoms with Gasteiger partial charge in [-0.1, -0.05) is 24.0 Å². The SMILES string of the molecule is CNC(=S)SCC(NC(C)=O)C(=O)O. The van der Waals surface area contributed by atoms with Crippen molar-refractivity contribution >= 4 is 40.2 Å². The van der Waals surface area contributed by atoms with E-state index in [0.717, 1.165) is 0 Å². The first kappa shape index (κ1) is 13.2. The van der Waals surface area contributed by atoms with Crippen LogP contribution >= 0.6 is 24.0 Å². The van der Waals surface area contributed by atoms with Gasteiger partial charge in [-0.05, 0) is 0 Å². The van der Waals surface area contributed by atoms with Crippen molar-refractivity contribution in [3.05, 3.63) is 0 Å². The van der Waals surface area contributed by atoms with Crippen LogP contribution < -0.4 is 10.6 Å². The van der Waals surface area contributed by atoms with Gasteiger partial charge in [0.1, 0.15) is 10.4 Å². The Bertz CT molecular complexity index is 245. The Kier molecular flexibility index (Phi) is 6.22. The van der Waals surface area contributed by atoms with Crippen LogP contribution in [0.1, 0.15) is 6.92 Å². The Labute approximate surface area is 91.6 Å². The number of carboxylic acid groups (broad SMARTS) is 1. The Balaban J connectivity index is 4.04. The summed E-state index contributed by atoms with van der Waals surface area (Å²) in [5.41, 5.74) is 0. The van der Waals surface area contributed by atoms with Crippen molar-refractivity contribution < 1.29 is 14.7 Å². The number of nitrogens with one attached hydrogen (secondary N) is 2. The molecular weight excluding hydrogens is 224 g/mol. The summed E-state index contributed by atoms with van der Waals surface area (Å²) in [7, 11) is 1.66. The van der Waals surface area contributed by atoms with E-state index in [-0.39, 0.29) is 11.7 Å². The lowest BCUT2D eigenvalue weighted by molar-refractivity contribution is -0.140. The maximum Gasteiger partial charge on any atom is 0.327 e. The summed E-state index contributed by atoms with van der Waals surface area (Å²) in [6.07, 6.45) is 0. The molecule has 1 unspecified atom stereocenters. The van der Waals surface area contributed by atoms with Crippen LogP contribution in [0.15, 0.2) is 0 Å². The lowest BCUT2D eigenvalue weighted by Gasteiger charge is -2.12. The van der Waals surface area contributed by atoms with Crippen molar-refractivity contribution in [3.63, 3.8) is 0 Å². The second kappa shape index (κ2) is 6.61. The van der Waals surface area contributed by atoms with Gasteiger partial charge in [-0.3, -0.25) is 4.79 Å². The average molecular weight is 236 g/mol. The maximum absolute atomic E-state index is 10.6. The molecular formula is C7H12N2O3S2. The molecule has 80 valence electrons. The van der Waals surface area contributed by atoms with Crippen LogP contribution in [-0.2, 0) is 9.59 Å². The van der Waals surface area contributed by atoms with Gasteiger partial charge in [0.25, 0.3) is 0 Å². The molecule has 0 heterocycles. The third-order valence-electron chi connectivity index (χ3n) is 1.26. The Morgan fingerprint density at radius 3 is 2.50 bits per heavy atom. The number of thioether (sulfide) groups is 1. The molecule has 7 heteroatoms. The van der Waals surface area contributed by atoms with Crippen molar-refractivity contribution in [1.29, 1.82) is 0 Å². The molecule has 0 fully saturated rings. The van der Waals surface area contributed by atoms with Crippen molar-refractivity contribution in [2.24, 2.45) is 0 Å². The van der Waals surface area contributed by atoms with E-state index in [1.165, 1.54) is 18.7 Å². The molecule has 0 aliphatic heterocycles. The molecule has 1 amide bonds. The second-order valence-electron chi connectivity index (χ2n) is 2.44. The standard InChI is InChI=1S/C7H12N2O3S2/c1-4(10)9-5(6(11)12)3-14-7(13)8-2/h5H,3H2,1-2H3,(H,8,13)(H,9,10)(H,11,12). The highest BCUT2D eigenvalue weighted by atomic mass is 32.2. The highest BCUT2D eigenvalue weighted by Crippen LogP contribution is 2.04. The number of carboxylic acids is 1. The molecule has 0 aromatic heterocycles. The van der Waals surface area contributed by atoms with E-state index in [1.54, 1.807) is 7.05 Å². The first-order valence-electron chi connectivity index (χ1n) is 3.81. The smallest absolute Gasteiger partial charge is 0.327 e. The number of carbonyl (C=O) groups is 2. The predicted octanol–water partition coefficient (Wildman–Crippen LogP) is -0.187. The quantitative estimate of drug-likeness (QED) is 0.587. The zero-order valence-corrected chi connectivity index (χ0v) is 9.50.